The molecule has 0 aliphatic carbocycles. The molecule has 20 heavy (non-hydrogen) atoms. The van der Waals surface area contributed by atoms with E-state index in [0.29, 0.717) is 6.54 Å². The second kappa shape index (κ2) is 5.66. The van der Waals surface area contributed by atoms with E-state index in [9.17, 15) is 4.79 Å². The zero-order chi connectivity index (χ0) is 14.8. The van der Waals surface area contributed by atoms with E-state index < -0.39 is 0 Å². The van der Waals surface area contributed by atoms with Gasteiger partial charge in [0.1, 0.15) is 0 Å². The molecule has 2 aromatic rings. The van der Waals surface area contributed by atoms with Crippen molar-refractivity contribution in [3.05, 3.63) is 42.5 Å². The molecule has 0 amide bonds. The molecular weight excluding hydrogens is 246 g/mol. The summed E-state index contributed by atoms with van der Waals surface area (Å²) in [6.07, 6.45) is 0. The minimum atomic E-state index is -0.294. The average molecular weight is 269 g/mol. The van der Waals surface area contributed by atoms with Gasteiger partial charge in [0.2, 0.25) is 0 Å². The summed E-state index contributed by atoms with van der Waals surface area (Å²) in [7, 11) is 0. The number of rotatable bonds is 4. The molecule has 2 nitrogen and oxygen atoms in total. The smallest absolute Gasteiger partial charge is 0.157 e. The molecule has 0 aromatic heterocycles. The monoisotopic (exact) mass is 269 g/mol. The van der Waals surface area contributed by atoms with Crippen molar-refractivity contribution in [2.75, 3.05) is 18.0 Å². The normalized spacial score (nSPS) is 11.6. The third kappa shape index (κ3) is 3.01. The minimum absolute atomic E-state index is 0.271. The van der Waals surface area contributed by atoms with Gasteiger partial charge in [-0.25, -0.2) is 0 Å². The Bertz CT molecular complexity index is 605. The lowest BCUT2D eigenvalue weighted by Crippen LogP contribution is -2.35. The van der Waals surface area contributed by atoms with E-state index >= 15 is 0 Å². The number of carbonyl (C=O) groups excluding carboxylic acids is 1. The van der Waals surface area contributed by atoms with Gasteiger partial charge in [-0.3, -0.25) is 4.79 Å². The van der Waals surface area contributed by atoms with Crippen molar-refractivity contribution in [3.63, 3.8) is 0 Å². The maximum atomic E-state index is 12.3. The number of nitrogens with zero attached hydrogens (tertiary/aromatic N) is 1. The molecule has 0 saturated heterocycles. The van der Waals surface area contributed by atoms with Crippen LogP contribution in [0, 0.1) is 5.41 Å². The Hall–Kier alpha value is -1.83. The van der Waals surface area contributed by atoms with E-state index in [1.54, 1.807) is 0 Å². The zero-order valence-corrected chi connectivity index (χ0v) is 12.8. The van der Waals surface area contributed by atoms with Crippen LogP contribution in [-0.4, -0.2) is 18.9 Å². The molecule has 0 atom stereocenters. The Morgan fingerprint density at radius 2 is 1.70 bits per heavy atom. The first-order chi connectivity index (χ1) is 9.43. The molecule has 0 aliphatic rings. The highest BCUT2D eigenvalue weighted by atomic mass is 16.1. The maximum absolute atomic E-state index is 12.3. The van der Waals surface area contributed by atoms with Crippen LogP contribution in [0.2, 0.25) is 0 Å². The molecular formula is C18H23NO. The van der Waals surface area contributed by atoms with Crippen LogP contribution in [0.1, 0.15) is 27.7 Å². The Labute approximate surface area is 121 Å². The number of Topliss-reactive ketones (excluding diaryl/α,β-unsaturated/α-hetero) is 1. The van der Waals surface area contributed by atoms with Gasteiger partial charge in [-0.2, -0.15) is 0 Å². The van der Waals surface area contributed by atoms with Crippen LogP contribution in [0.25, 0.3) is 10.8 Å². The van der Waals surface area contributed by atoms with Gasteiger partial charge in [-0.1, -0.05) is 57.2 Å². The molecule has 0 fully saturated rings. The van der Waals surface area contributed by atoms with Gasteiger partial charge in [-0.15, -0.1) is 0 Å². The number of carbonyl (C=O) groups is 1. The topological polar surface area (TPSA) is 20.3 Å². The lowest BCUT2D eigenvalue weighted by molar-refractivity contribution is -0.124. The Balaban J connectivity index is 2.38. The molecule has 106 valence electrons. The predicted octanol–water partition coefficient (Wildman–Crippen LogP) is 4.28. The Kier molecular flexibility index (Phi) is 4.12. The highest BCUT2D eigenvalue weighted by Gasteiger charge is 2.23. The third-order valence-corrected chi connectivity index (χ3v) is 3.66. The number of ketones is 1. The van der Waals surface area contributed by atoms with Crippen molar-refractivity contribution in [1.29, 1.82) is 0 Å². The summed E-state index contributed by atoms with van der Waals surface area (Å²) in [5.74, 6) is 0.271. The van der Waals surface area contributed by atoms with Crippen molar-refractivity contribution in [1.82, 2.24) is 0 Å². The van der Waals surface area contributed by atoms with Gasteiger partial charge in [0.15, 0.2) is 5.78 Å². The van der Waals surface area contributed by atoms with Crippen LogP contribution < -0.4 is 4.90 Å². The number of hydrogen-bond acceptors (Lipinski definition) is 2. The van der Waals surface area contributed by atoms with Crippen LogP contribution in [-0.2, 0) is 4.79 Å². The average Bonchev–Trinajstić information content (AvgIpc) is 2.43. The highest BCUT2D eigenvalue weighted by Crippen LogP contribution is 2.27. The quantitative estimate of drug-likeness (QED) is 0.825. The lowest BCUT2D eigenvalue weighted by atomic mass is 9.90. The molecule has 2 aromatic carbocycles. The third-order valence-electron chi connectivity index (χ3n) is 3.66. The molecule has 2 heteroatoms. The van der Waals surface area contributed by atoms with Crippen LogP contribution >= 0.6 is 0 Å². The molecule has 0 saturated carbocycles. The molecule has 0 aliphatic heterocycles. The number of fused-ring (bicyclic) bond motifs is 1. The van der Waals surface area contributed by atoms with E-state index in [1.165, 1.54) is 10.8 Å². The van der Waals surface area contributed by atoms with Crippen molar-refractivity contribution >= 4 is 22.2 Å². The summed E-state index contributed by atoms with van der Waals surface area (Å²) < 4.78 is 0. The van der Waals surface area contributed by atoms with Crippen LogP contribution in [0.15, 0.2) is 42.5 Å². The van der Waals surface area contributed by atoms with Crippen LogP contribution in [0.4, 0.5) is 5.69 Å². The summed E-state index contributed by atoms with van der Waals surface area (Å²) in [4.78, 5) is 14.5. The first kappa shape index (κ1) is 14.6. The summed E-state index contributed by atoms with van der Waals surface area (Å²) in [5.41, 5.74) is 0.848. The van der Waals surface area contributed by atoms with E-state index in [-0.39, 0.29) is 11.2 Å². The van der Waals surface area contributed by atoms with Crippen molar-refractivity contribution in [2.45, 2.75) is 27.7 Å². The number of benzene rings is 2. The molecule has 2 rings (SSSR count). The Morgan fingerprint density at radius 3 is 2.35 bits per heavy atom. The highest BCUT2D eigenvalue weighted by molar-refractivity contribution is 5.96. The van der Waals surface area contributed by atoms with E-state index in [1.807, 2.05) is 32.9 Å². The predicted molar refractivity (Wildman–Crippen MR) is 86.3 cm³/mol. The second-order valence-electron chi connectivity index (χ2n) is 6.19. The fourth-order valence-electron chi connectivity index (χ4n) is 2.26. The number of hydrogen-bond donors (Lipinski definition) is 0. The number of anilines is 1. The molecule has 0 unspecified atom stereocenters. The van der Waals surface area contributed by atoms with Crippen molar-refractivity contribution < 1.29 is 4.79 Å². The maximum Gasteiger partial charge on any atom is 0.157 e. The fourth-order valence-corrected chi connectivity index (χ4v) is 2.26. The zero-order valence-electron chi connectivity index (χ0n) is 12.8. The summed E-state index contributed by atoms with van der Waals surface area (Å²) in [6, 6.07) is 14.6. The number of likely N-dealkylation sites (N-methyl/N-ethyl adjacent to an activating group) is 1. The largest absolute Gasteiger partial charge is 0.364 e. The molecule has 0 spiro atoms. The fraction of sp³-hybridized carbons (Fsp3) is 0.389. The van der Waals surface area contributed by atoms with Gasteiger partial charge in [0.05, 0.1) is 6.54 Å². The first-order valence-corrected chi connectivity index (χ1v) is 7.19. The van der Waals surface area contributed by atoms with Gasteiger partial charge in [0.25, 0.3) is 0 Å². The standard InChI is InChI=1S/C18H23NO/c1-5-19(13-17(20)18(2,3)4)16-12-8-10-14-9-6-7-11-15(14)16/h6-12H,5,13H2,1-4H3. The van der Waals surface area contributed by atoms with E-state index in [0.717, 1.165) is 12.2 Å². The molecule has 0 radical (unpaired) electrons. The van der Waals surface area contributed by atoms with Crippen LogP contribution in [0.5, 0.6) is 0 Å². The van der Waals surface area contributed by atoms with Crippen LogP contribution in [0.3, 0.4) is 0 Å². The summed E-state index contributed by atoms with van der Waals surface area (Å²) >= 11 is 0. The van der Waals surface area contributed by atoms with E-state index in [4.69, 9.17) is 0 Å². The van der Waals surface area contributed by atoms with E-state index in [2.05, 4.69) is 42.2 Å². The lowest BCUT2D eigenvalue weighted by Gasteiger charge is -2.27. The van der Waals surface area contributed by atoms with Gasteiger partial charge in [0, 0.05) is 23.0 Å². The van der Waals surface area contributed by atoms with Gasteiger partial charge < -0.3 is 4.90 Å². The molecule has 0 N–H and O–H groups in total. The van der Waals surface area contributed by atoms with Gasteiger partial charge >= 0.3 is 0 Å². The SMILES string of the molecule is CCN(CC(=O)C(C)(C)C)c1cccc2ccccc12. The Morgan fingerprint density at radius 1 is 1.05 bits per heavy atom. The minimum Gasteiger partial charge on any atom is -0.364 e. The van der Waals surface area contributed by atoms with Crippen molar-refractivity contribution in [2.24, 2.45) is 5.41 Å². The summed E-state index contributed by atoms with van der Waals surface area (Å²) in [6.45, 7) is 9.33. The first-order valence-electron chi connectivity index (χ1n) is 7.19. The van der Waals surface area contributed by atoms with Gasteiger partial charge in [-0.05, 0) is 18.4 Å². The van der Waals surface area contributed by atoms with Crippen molar-refractivity contribution in [3.8, 4) is 0 Å². The molecule has 0 bridgehead atoms. The summed E-state index contributed by atoms with van der Waals surface area (Å²) in [5, 5.41) is 2.42. The second-order valence-corrected chi connectivity index (χ2v) is 6.19. The molecule has 0 heterocycles.